The van der Waals surface area contributed by atoms with Gasteiger partial charge in [0, 0.05) is 13.1 Å². The van der Waals surface area contributed by atoms with Crippen LogP contribution >= 0.6 is 0 Å². The Kier molecular flexibility index (Phi) is 3.90. The molecule has 1 atom stereocenters. The SMILES string of the molecule is CN(C(=O)c1cc(C(=O)O)co1)C(c1ccc(F)cc1)C1CC1. The molecular weight excluding hydrogens is 301 g/mol. The number of benzene rings is 1. The Hall–Kier alpha value is -2.63. The topological polar surface area (TPSA) is 70.8 Å². The standard InChI is InChI=1S/C17H16FNO4/c1-19(16(20)14-8-12(9-23-14)17(21)22)15(10-2-3-10)11-4-6-13(18)7-5-11/h4-10,15H,2-3H2,1H3,(H,21,22). The summed E-state index contributed by atoms with van der Waals surface area (Å²) in [6.07, 6.45) is 3.05. The first-order valence-corrected chi connectivity index (χ1v) is 7.32. The second-order valence-corrected chi connectivity index (χ2v) is 5.75. The molecule has 1 saturated carbocycles. The molecule has 5 nitrogen and oxygen atoms in total. The summed E-state index contributed by atoms with van der Waals surface area (Å²) in [5.41, 5.74) is 0.793. The molecule has 3 rings (SSSR count). The average Bonchev–Trinajstić information content (AvgIpc) is 3.23. The van der Waals surface area contributed by atoms with Crippen LogP contribution in [0.25, 0.3) is 0 Å². The molecule has 1 aromatic heterocycles. The summed E-state index contributed by atoms with van der Waals surface area (Å²) in [6.45, 7) is 0. The van der Waals surface area contributed by atoms with E-state index in [2.05, 4.69) is 0 Å². The monoisotopic (exact) mass is 317 g/mol. The van der Waals surface area contributed by atoms with Crippen molar-refractivity contribution in [2.24, 2.45) is 5.92 Å². The van der Waals surface area contributed by atoms with Gasteiger partial charge in [0.15, 0.2) is 5.76 Å². The van der Waals surface area contributed by atoms with Crippen LogP contribution in [-0.2, 0) is 0 Å². The number of halogens is 1. The molecule has 1 N–H and O–H groups in total. The van der Waals surface area contributed by atoms with Crippen molar-refractivity contribution in [3.63, 3.8) is 0 Å². The van der Waals surface area contributed by atoms with Crippen molar-refractivity contribution >= 4 is 11.9 Å². The zero-order valence-corrected chi connectivity index (χ0v) is 12.5. The second kappa shape index (κ2) is 5.87. The maximum Gasteiger partial charge on any atom is 0.338 e. The van der Waals surface area contributed by atoms with E-state index in [0.29, 0.717) is 5.92 Å². The first-order chi connectivity index (χ1) is 11.0. The van der Waals surface area contributed by atoms with Crippen LogP contribution in [0.1, 0.15) is 45.4 Å². The van der Waals surface area contributed by atoms with Gasteiger partial charge >= 0.3 is 5.97 Å². The average molecular weight is 317 g/mol. The summed E-state index contributed by atoms with van der Waals surface area (Å²) in [5.74, 6) is -1.55. The van der Waals surface area contributed by atoms with Gasteiger partial charge in [0.1, 0.15) is 12.1 Å². The Morgan fingerprint density at radius 1 is 1.30 bits per heavy atom. The van der Waals surface area contributed by atoms with Gasteiger partial charge in [-0.2, -0.15) is 0 Å². The summed E-state index contributed by atoms with van der Waals surface area (Å²) in [6, 6.07) is 7.13. The van der Waals surface area contributed by atoms with E-state index in [9.17, 15) is 14.0 Å². The highest BCUT2D eigenvalue weighted by Gasteiger charge is 2.37. The maximum atomic E-state index is 13.1. The predicted octanol–water partition coefficient (Wildman–Crippen LogP) is 3.34. The van der Waals surface area contributed by atoms with Crippen LogP contribution in [0, 0.1) is 11.7 Å². The quantitative estimate of drug-likeness (QED) is 0.918. The third-order valence-corrected chi connectivity index (χ3v) is 4.07. The van der Waals surface area contributed by atoms with Gasteiger partial charge in [0.2, 0.25) is 0 Å². The number of furan rings is 1. The minimum atomic E-state index is -1.15. The maximum absolute atomic E-state index is 13.1. The predicted molar refractivity (Wildman–Crippen MR) is 79.6 cm³/mol. The molecule has 23 heavy (non-hydrogen) atoms. The highest BCUT2D eigenvalue weighted by atomic mass is 19.1. The smallest absolute Gasteiger partial charge is 0.338 e. The van der Waals surface area contributed by atoms with E-state index in [0.717, 1.165) is 24.7 Å². The number of hydrogen-bond acceptors (Lipinski definition) is 3. The lowest BCUT2D eigenvalue weighted by molar-refractivity contribution is 0.0675. The Labute approximate surface area is 132 Å². The first-order valence-electron chi connectivity index (χ1n) is 7.32. The van der Waals surface area contributed by atoms with E-state index in [1.807, 2.05) is 0 Å². The number of carbonyl (C=O) groups is 2. The lowest BCUT2D eigenvalue weighted by Crippen LogP contribution is -2.32. The van der Waals surface area contributed by atoms with Crippen molar-refractivity contribution in [2.75, 3.05) is 7.05 Å². The summed E-state index contributed by atoms with van der Waals surface area (Å²) in [5, 5.41) is 8.91. The van der Waals surface area contributed by atoms with E-state index in [1.54, 1.807) is 19.2 Å². The van der Waals surface area contributed by atoms with Crippen molar-refractivity contribution < 1.29 is 23.5 Å². The van der Waals surface area contributed by atoms with Crippen LogP contribution in [0.2, 0.25) is 0 Å². The number of aromatic carboxylic acids is 1. The molecule has 0 radical (unpaired) electrons. The third kappa shape index (κ3) is 3.11. The minimum absolute atomic E-state index is 0.0161. The Balaban J connectivity index is 1.85. The minimum Gasteiger partial charge on any atom is -0.478 e. The van der Waals surface area contributed by atoms with Gasteiger partial charge < -0.3 is 14.4 Å². The van der Waals surface area contributed by atoms with Gasteiger partial charge in [-0.15, -0.1) is 0 Å². The highest BCUT2D eigenvalue weighted by molar-refractivity contribution is 5.95. The molecule has 1 heterocycles. The molecule has 2 aromatic rings. The molecule has 1 fully saturated rings. The van der Waals surface area contributed by atoms with Crippen LogP contribution in [-0.4, -0.2) is 28.9 Å². The zero-order chi connectivity index (χ0) is 16.6. The fraction of sp³-hybridized carbons (Fsp3) is 0.294. The van der Waals surface area contributed by atoms with Crippen LogP contribution in [0.4, 0.5) is 4.39 Å². The van der Waals surface area contributed by atoms with E-state index in [-0.39, 0.29) is 23.2 Å². The lowest BCUT2D eigenvalue weighted by atomic mass is 10.0. The summed E-state index contributed by atoms with van der Waals surface area (Å²) < 4.78 is 18.2. The molecule has 0 bridgehead atoms. The molecule has 1 amide bonds. The highest BCUT2D eigenvalue weighted by Crippen LogP contribution is 2.44. The lowest BCUT2D eigenvalue weighted by Gasteiger charge is -2.28. The molecule has 1 aliphatic rings. The number of nitrogens with zero attached hydrogens (tertiary/aromatic N) is 1. The van der Waals surface area contributed by atoms with Crippen molar-refractivity contribution in [3.8, 4) is 0 Å². The van der Waals surface area contributed by atoms with Gasteiger partial charge in [-0.1, -0.05) is 12.1 Å². The number of hydrogen-bond donors (Lipinski definition) is 1. The summed E-state index contributed by atoms with van der Waals surface area (Å²) >= 11 is 0. The van der Waals surface area contributed by atoms with Gasteiger partial charge in [0.05, 0.1) is 11.6 Å². The Morgan fingerprint density at radius 2 is 1.96 bits per heavy atom. The molecular formula is C17H16FNO4. The molecule has 6 heteroatoms. The van der Waals surface area contributed by atoms with Gasteiger partial charge in [-0.25, -0.2) is 9.18 Å². The molecule has 0 spiro atoms. The Bertz CT molecular complexity index is 733. The molecule has 1 aromatic carbocycles. The van der Waals surface area contributed by atoms with Crippen molar-refractivity contribution in [2.45, 2.75) is 18.9 Å². The second-order valence-electron chi connectivity index (χ2n) is 5.75. The van der Waals surface area contributed by atoms with Crippen molar-refractivity contribution in [1.29, 1.82) is 0 Å². The van der Waals surface area contributed by atoms with Crippen LogP contribution in [0.5, 0.6) is 0 Å². The van der Waals surface area contributed by atoms with Gasteiger partial charge in [-0.05, 0) is 36.5 Å². The van der Waals surface area contributed by atoms with Gasteiger partial charge in [0.25, 0.3) is 5.91 Å². The number of amides is 1. The van der Waals surface area contributed by atoms with Crippen LogP contribution in [0.3, 0.4) is 0 Å². The fourth-order valence-electron chi connectivity index (χ4n) is 2.74. The largest absolute Gasteiger partial charge is 0.478 e. The number of carboxylic acid groups (broad SMARTS) is 1. The number of carbonyl (C=O) groups excluding carboxylic acids is 1. The van der Waals surface area contributed by atoms with Crippen molar-refractivity contribution in [1.82, 2.24) is 4.90 Å². The molecule has 0 saturated heterocycles. The number of rotatable bonds is 5. The van der Waals surface area contributed by atoms with E-state index in [4.69, 9.17) is 9.52 Å². The van der Waals surface area contributed by atoms with Crippen LogP contribution < -0.4 is 0 Å². The van der Waals surface area contributed by atoms with E-state index >= 15 is 0 Å². The Morgan fingerprint density at radius 3 is 2.48 bits per heavy atom. The summed E-state index contributed by atoms with van der Waals surface area (Å²) in [7, 11) is 1.65. The first kappa shape index (κ1) is 15.3. The number of carboxylic acids is 1. The zero-order valence-electron chi connectivity index (χ0n) is 12.5. The van der Waals surface area contributed by atoms with E-state index in [1.165, 1.54) is 23.1 Å². The van der Waals surface area contributed by atoms with Crippen molar-refractivity contribution in [3.05, 3.63) is 59.3 Å². The van der Waals surface area contributed by atoms with Crippen LogP contribution in [0.15, 0.2) is 41.0 Å². The molecule has 1 unspecified atom stereocenters. The molecule has 1 aliphatic carbocycles. The fourth-order valence-corrected chi connectivity index (χ4v) is 2.74. The molecule has 120 valence electrons. The van der Waals surface area contributed by atoms with E-state index < -0.39 is 11.9 Å². The molecule has 0 aliphatic heterocycles. The third-order valence-electron chi connectivity index (χ3n) is 4.07. The summed E-state index contributed by atoms with van der Waals surface area (Å²) in [4.78, 5) is 25.0. The normalized spacial score (nSPS) is 15.2. The van der Waals surface area contributed by atoms with Gasteiger partial charge in [-0.3, -0.25) is 4.79 Å².